The van der Waals surface area contributed by atoms with Gasteiger partial charge in [0.05, 0.1) is 18.6 Å². The van der Waals surface area contributed by atoms with E-state index >= 15 is 0 Å². The lowest BCUT2D eigenvalue weighted by Gasteiger charge is -2.16. The van der Waals surface area contributed by atoms with Crippen molar-refractivity contribution in [3.8, 4) is 11.5 Å². The Morgan fingerprint density at radius 1 is 1.24 bits per heavy atom. The van der Waals surface area contributed by atoms with Crippen LogP contribution >= 0.6 is 23.4 Å². The highest BCUT2D eigenvalue weighted by Crippen LogP contribution is 2.29. The molecule has 0 saturated carbocycles. The summed E-state index contributed by atoms with van der Waals surface area (Å²) in [6.07, 6.45) is 1.43. The number of benzene rings is 2. The van der Waals surface area contributed by atoms with Crippen LogP contribution in [-0.2, 0) is 11.3 Å². The van der Waals surface area contributed by atoms with E-state index in [1.54, 1.807) is 24.3 Å². The number of halogens is 1. The molecule has 1 amide bonds. The summed E-state index contributed by atoms with van der Waals surface area (Å²) in [4.78, 5) is 12.5. The van der Waals surface area contributed by atoms with Crippen LogP contribution < -0.4 is 14.8 Å². The second-order valence-corrected chi connectivity index (χ2v) is 8.88. The molecule has 33 heavy (non-hydrogen) atoms. The second-order valence-electron chi connectivity index (χ2n) is 7.51. The molecule has 0 bridgehead atoms. The Labute approximate surface area is 203 Å². The van der Waals surface area contributed by atoms with E-state index in [4.69, 9.17) is 21.1 Å². The molecule has 7 nitrogen and oxygen atoms in total. The number of thioether (sulfide) groups is 1. The van der Waals surface area contributed by atoms with Crippen molar-refractivity contribution in [1.82, 2.24) is 14.8 Å². The van der Waals surface area contributed by atoms with Crippen LogP contribution in [0.2, 0.25) is 5.02 Å². The predicted molar refractivity (Wildman–Crippen MR) is 133 cm³/mol. The maximum atomic E-state index is 12.5. The van der Waals surface area contributed by atoms with E-state index < -0.39 is 0 Å². The van der Waals surface area contributed by atoms with Gasteiger partial charge in [0, 0.05) is 11.6 Å². The fourth-order valence-electron chi connectivity index (χ4n) is 3.36. The van der Waals surface area contributed by atoms with Crippen LogP contribution in [0.25, 0.3) is 0 Å². The summed E-state index contributed by atoms with van der Waals surface area (Å²) in [5, 5.41) is 12.5. The van der Waals surface area contributed by atoms with E-state index in [-0.39, 0.29) is 17.8 Å². The predicted octanol–water partition coefficient (Wildman–Crippen LogP) is 5.61. The van der Waals surface area contributed by atoms with E-state index in [0.29, 0.717) is 34.0 Å². The zero-order valence-corrected chi connectivity index (χ0v) is 20.7. The number of carbonyl (C=O) groups excluding carboxylic acids is 1. The third-order valence-corrected chi connectivity index (χ3v) is 5.90. The Hall–Kier alpha value is -2.97. The number of hydrogen-bond donors (Lipinski definition) is 1. The van der Waals surface area contributed by atoms with E-state index in [1.165, 1.54) is 18.9 Å². The van der Waals surface area contributed by atoms with Crippen molar-refractivity contribution in [2.24, 2.45) is 0 Å². The number of rotatable bonds is 10. The van der Waals surface area contributed by atoms with Gasteiger partial charge in [-0.25, -0.2) is 0 Å². The van der Waals surface area contributed by atoms with Crippen molar-refractivity contribution in [3.05, 3.63) is 71.0 Å². The number of ether oxygens (including phenoxy) is 2. The first kappa shape index (κ1) is 24.7. The van der Waals surface area contributed by atoms with Crippen LogP contribution in [0.4, 0.5) is 5.69 Å². The lowest BCUT2D eigenvalue weighted by atomic mass is 10.1. The number of carbonyl (C=O) groups is 1. The number of allylic oxidation sites excluding steroid dienone is 1. The Bertz CT molecular complexity index is 1130. The molecular weight excluding hydrogens is 460 g/mol. The lowest BCUT2D eigenvalue weighted by molar-refractivity contribution is -0.113. The molecular formula is C24H27ClN4O3S. The van der Waals surface area contributed by atoms with Crippen LogP contribution in [0, 0.1) is 13.8 Å². The van der Waals surface area contributed by atoms with Gasteiger partial charge in [-0.1, -0.05) is 35.5 Å². The minimum Gasteiger partial charge on any atom is -0.495 e. The Morgan fingerprint density at radius 3 is 2.64 bits per heavy atom. The first-order valence-electron chi connectivity index (χ1n) is 10.4. The summed E-state index contributed by atoms with van der Waals surface area (Å²) < 4.78 is 13.3. The van der Waals surface area contributed by atoms with Crippen molar-refractivity contribution in [1.29, 1.82) is 0 Å². The van der Waals surface area contributed by atoms with Crippen LogP contribution in [0.1, 0.15) is 30.0 Å². The fraction of sp³-hybridized carbons (Fsp3) is 0.292. The molecule has 1 aromatic heterocycles. The molecule has 0 aliphatic heterocycles. The minimum absolute atomic E-state index is 0.136. The van der Waals surface area contributed by atoms with Gasteiger partial charge < -0.3 is 14.8 Å². The molecule has 1 N–H and O–H groups in total. The molecule has 0 spiro atoms. The lowest BCUT2D eigenvalue weighted by Crippen LogP contribution is -2.16. The van der Waals surface area contributed by atoms with Crippen LogP contribution in [0.15, 0.2) is 54.2 Å². The van der Waals surface area contributed by atoms with E-state index in [0.717, 1.165) is 16.9 Å². The van der Waals surface area contributed by atoms with Crippen LogP contribution in [-0.4, -0.2) is 33.5 Å². The van der Waals surface area contributed by atoms with Gasteiger partial charge >= 0.3 is 0 Å². The van der Waals surface area contributed by atoms with Gasteiger partial charge in [0.15, 0.2) is 17.1 Å². The van der Waals surface area contributed by atoms with Crippen molar-refractivity contribution >= 4 is 35.0 Å². The number of amides is 1. The van der Waals surface area contributed by atoms with Crippen LogP contribution in [0.3, 0.4) is 0 Å². The van der Waals surface area contributed by atoms with Gasteiger partial charge in [0.2, 0.25) is 5.91 Å². The first-order valence-corrected chi connectivity index (χ1v) is 11.7. The summed E-state index contributed by atoms with van der Waals surface area (Å²) in [5.41, 5.74) is 2.77. The van der Waals surface area contributed by atoms with Gasteiger partial charge in [-0.15, -0.1) is 16.8 Å². The molecule has 1 heterocycles. The average Bonchev–Trinajstić information content (AvgIpc) is 3.15. The van der Waals surface area contributed by atoms with E-state index in [1.807, 2.05) is 37.5 Å². The molecule has 0 fully saturated rings. The number of nitrogens with zero attached hydrogens (tertiary/aromatic N) is 3. The smallest absolute Gasteiger partial charge is 0.234 e. The number of aryl methyl sites for hydroxylation is 2. The number of hydrogen-bond acceptors (Lipinski definition) is 6. The summed E-state index contributed by atoms with van der Waals surface area (Å²) in [6.45, 7) is 10.3. The molecule has 1 unspecified atom stereocenters. The normalized spacial score (nSPS) is 11.7. The molecule has 1 atom stereocenters. The Balaban J connectivity index is 1.70. The highest BCUT2D eigenvalue weighted by atomic mass is 35.5. The minimum atomic E-state index is -0.336. The molecule has 0 aliphatic carbocycles. The Kier molecular flexibility index (Phi) is 8.41. The zero-order valence-electron chi connectivity index (χ0n) is 19.1. The maximum absolute atomic E-state index is 12.5. The summed E-state index contributed by atoms with van der Waals surface area (Å²) in [7, 11) is 1.54. The Morgan fingerprint density at radius 2 is 1.97 bits per heavy atom. The third kappa shape index (κ3) is 6.52. The zero-order chi connectivity index (χ0) is 24.0. The number of anilines is 1. The molecule has 0 radical (unpaired) electrons. The monoisotopic (exact) mass is 486 g/mol. The van der Waals surface area contributed by atoms with Crippen molar-refractivity contribution in [2.75, 3.05) is 18.2 Å². The largest absolute Gasteiger partial charge is 0.495 e. The van der Waals surface area contributed by atoms with E-state index in [2.05, 4.69) is 28.2 Å². The van der Waals surface area contributed by atoms with Gasteiger partial charge in [-0.05, 0) is 62.2 Å². The van der Waals surface area contributed by atoms with Gasteiger partial charge in [-0.3, -0.25) is 9.36 Å². The van der Waals surface area contributed by atoms with Gasteiger partial charge in [0.25, 0.3) is 0 Å². The number of aromatic nitrogens is 3. The fourth-order valence-corrected chi connectivity index (χ4v) is 4.29. The second kappa shape index (κ2) is 11.2. The molecule has 3 aromatic rings. The van der Waals surface area contributed by atoms with Gasteiger partial charge in [-0.2, -0.15) is 0 Å². The van der Waals surface area contributed by atoms with E-state index in [9.17, 15) is 4.79 Å². The number of nitrogens with one attached hydrogen (secondary N) is 1. The highest BCUT2D eigenvalue weighted by Gasteiger charge is 2.20. The third-order valence-electron chi connectivity index (χ3n) is 4.70. The standard InChI is InChI=1S/C24H27ClN4O3S/c1-6-9-29-23(17(4)32-19-11-15(2)10-16(3)12-19)27-28-24(29)33-14-22(30)26-20-13-18(25)7-8-21(20)31-5/h6-8,10-13,17H,1,9,14H2,2-5H3,(H,26,30). The quantitative estimate of drug-likeness (QED) is 0.296. The van der Waals surface area contributed by atoms with Crippen molar-refractivity contribution in [3.63, 3.8) is 0 Å². The van der Waals surface area contributed by atoms with Crippen LogP contribution in [0.5, 0.6) is 11.5 Å². The molecule has 174 valence electrons. The molecule has 0 aliphatic rings. The number of methoxy groups -OCH3 is 1. The van der Waals surface area contributed by atoms with Crippen molar-refractivity contribution in [2.45, 2.75) is 38.6 Å². The first-order chi connectivity index (χ1) is 15.8. The topological polar surface area (TPSA) is 78.3 Å². The average molecular weight is 487 g/mol. The molecule has 9 heteroatoms. The summed E-state index contributed by atoms with van der Waals surface area (Å²) in [5.74, 6) is 1.89. The molecule has 0 saturated heterocycles. The van der Waals surface area contributed by atoms with Crippen molar-refractivity contribution < 1.29 is 14.3 Å². The summed E-state index contributed by atoms with van der Waals surface area (Å²) >= 11 is 7.32. The SMILES string of the molecule is C=CCn1c(SCC(=O)Nc2cc(Cl)ccc2OC)nnc1C(C)Oc1cc(C)cc(C)c1. The molecule has 3 rings (SSSR count). The maximum Gasteiger partial charge on any atom is 0.234 e. The molecule has 2 aromatic carbocycles. The summed E-state index contributed by atoms with van der Waals surface area (Å²) in [6, 6.07) is 11.1. The highest BCUT2D eigenvalue weighted by molar-refractivity contribution is 7.99. The van der Waals surface area contributed by atoms with Gasteiger partial charge in [0.1, 0.15) is 11.5 Å².